The first kappa shape index (κ1) is 17.0. The Labute approximate surface area is 132 Å². The summed E-state index contributed by atoms with van der Waals surface area (Å²) in [5, 5.41) is 17.9. The molecule has 0 unspecified atom stereocenters. The van der Waals surface area contributed by atoms with Crippen LogP contribution in [0.3, 0.4) is 0 Å². The van der Waals surface area contributed by atoms with Crippen LogP contribution in [0.15, 0.2) is 5.16 Å². The third kappa shape index (κ3) is 5.40. The molecule has 0 aliphatic carbocycles. The maximum atomic E-state index is 10.00. The largest absolute Gasteiger partial charge is 0.392 e. The van der Waals surface area contributed by atoms with E-state index < -0.39 is 6.10 Å². The lowest BCUT2D eigenvalue weighted by atomic mass is 9.82. The van der Waals surface area contributed by atoms with Gasteiger partial charge in [0.15, 0.2) is 5.17 Å². The molecule has 2 rings (SSSR count). The topological polar surface area (TPSA) is 57.1 Å². The zero-order chi connectivity index (χ0) is 15.1. The number of oxime groups is 1. The number of hydrogen-bond donors (Lipinski definition) is 2. The van der Waals surface area contributed by atoms with E-state index in [2.05, 4.69) is 22.3 Å². The van der Waals surface area contributed by atoms with Crippen molar-refractivity contribution in [3.63, 3.8) is 0 Å². The average molecular weight is 318 g/mol. The lowest BCUT2D eigenvalue weighted by Crippen LogP contribution is -2.39. The van der Waals surface area contributed by atoms with E-state index in [1.54, 1.807) is 0 Å². The molecule has 6 heteroatoms. The van der Waals surface area contributed by atoms with Crippen molar-refractivity contribution in [1.29, 1.82) is 0 Å². The molecular weight excluding hydrogens is 290 g/mol. The minimum atomic E-state index is -0.503. The summed E-state index contributed by atoms with van der Waals surface area (Å²) in [6.45, 7) is 7.06. The lowest BCUT2D eigenvalue weighted by Gasteiger charge is -2.32. The Hall–Kier alpha value is -0.360. The Morgan fingerprint density at radius 1 is 1.33 bits per heavy atom. The van der Waals surface area contributed by atoms with Crippen LogP contribution in [-0.2, 0) is 4.84 Å². The second-order valence-corrected chi connectivity index (χ2v) is 6.86. The summed E-state index contributed by atoms with van der Waals surface area (Å²) in [4.78, 5) is 7.56. The van der Waals surface area contributed by atoms with E-state index in [0.717, 1.165) is 39.0 Å². The molecule has 2 fully saturated rings. The number of likely N-dealkylation sites (tertiary alicyclic amines) is 1. The highest BCUT2D eigenvalue weighted by Gasteiger charge is 2.32. The summed E-state index contributed by atoms with van der Waals surface area (Å²) in [5.74, 6) is 0. The predicted molar refractivity (Wildman–Crippen MR) is 85.7 cm³/mol. The van der Waals surface area contributed by atoms with E-state index in [4.69, 9.17) is 16.4 Å². The van der Waals surface area contributed by atoms with Crippen LogP contribution in [0.25, 0.3) is 0 Å². The molecule has 122 valence electrons. The van der Waals surface area contributed by atoms with Crippen molar-refractivity contribution >= 4 is 16.8 Å². The van der Waals surface area contributed by atoms with E-state index in [1.165, 1.54) is 19.3 Å². The lowest BCUT2D eigenvalue weighted by molar-refractivity contribution is 0.0151. The Morgan fingerprint density at radius 2 is 2.00 bits per heavy atom. The van der Waals surface area contributed by atoms with Crippen LogP contribution < -0.4 is 5.32 Å². The highest BCUT2D eigenvalue weighted by Crippen LogP contribution is 2.31. The van der Waals surface area contributed by atoms with E-state index >= 15 is 0 Å². The van der Waals surface area contributed by atoms with Gasteiger partial charge in [-0.2, -0.15) is 0 Å². The fraction of sp³-hybridized carbons (Fsp3) is 0.933. The third-order valence-electron chi connectivity index (χ3n) is 4.53. The smallest absolute Gasteiger partial charge is 0.151 e. The molecule has 0 amide bonds. The second-order valence-electron chi connectivity index (χ2n) is 6.50. The summed E-state index contributed by atoms with van der Waals surface area (Å²) in [5.41, 5.74) is -0.0926. The molecule has 0 aromatic rings. The molecule has 2 saturated heterocycles. The number of aliphatic hydroxyl groups excluding tert-OH is 1. The van der Waals surface area contributed by atoms with Crippen molar-refractivity contribution in [3.05, 3.63) is 0 Å². The number of nitrogens with one attached hydrogen (secondary N) is 1. The molecule has 0 bridgehead atoms. The van der Waals surface area contributed by atoms with Crippen LogP contribution in [0.2, 0.25) is 0 Å². The molecule has 2 aliphatic heterocycles. The van der Waals surface area contributed by atoms with Gasteiger partial charge in [-0.15, -0.1) is 0 Å². The van der Waals surface area contributed by atoms with Crippen LogP contribution in [0.1, 0.15) is 39.0 Å². The van der Waals surface area contributed by atoms with Gasteiger partial charge in [-0.1, -0.05) is 30.1 Å². The van der Waals surface area contributed by atoms with Gasteiger partial charge < -0.3 is 20.2 Å². The zero-order valence-corrected chi connectivity index (χ0v) is 13.7. The molecule has 1 atom stereocenters. The van der Waals surface area contributed by atoms with Crippen molar-refractivity contribution in [1.82, 2.24) is 10.2 Å². The Morgan fingerprint density at radius 3 is 2.67 bits per heavy atom. The standard InChI is InChI=1S/C15H28ClN3O2/c1-15(5-7-17-8-6-15)14(16)18-21-12-13(20)11-19-9-3-2-4-10-19/h13,17,20H,2-12H2,1H3/b18-14-/t13-/m1/s1. The molecular formula is C15H28ClN3O2. The number of halogens is 1. The minimum absolute atomic E-state index is 0.0926. The first-order chi connectivity index (χ1) is 10.1. The molecule has 2 N–H and O–H groups in total. The van der Waals surface area contributed by atoms with Gasteiger partial charge in [0.2, 0.25) is 0 Å². The van der Waals surface area contributed by atoms with E-state index in [0.29, 0.717) is 11.7 Å². The number of hydrogen-bond acceptors (Lipinski definition) is 5. The van der Waals surface area contributed by atoms with Gasteiger partial charge in [0, 0.05) is 12.0 Å². The normalized spacial score (nSPS) is 25.6. The maximum absolute atomic E-state index is 10.00. The van der Waals surface area contributed by atoms with Gasteiger partial charge in [0.1, 0.15) is 12.7 Å². The molecule has 0 aromatic heterocycles. The summed E-state index contributed by atoms with van der Waals surface area (Å²) in [6.07, 6.45) is 5.19. The van der Waals surface area contributed by atoms with Gasteiger partial charge in [-0.05, 0) is 51.9 Å². The summed E-state index contributed by atoms with van der Waals surface area (Å²) >= 11 is 6.28. The highest BCUT2D eigenvalue weighted by atomic mass is 35.5. The fourth-order valence-corrected chi connectivity index (χ4v) is 3.21. The first-order valence-corrected chi connectivity index (χ1v) is 8.45. The average Bonchev–Trinajstić information content (AvgIpc) is 2.49. The molecule has 0 saturated carbocycles. The summed E-state index contributed by atoms with van der Waals surface area (Å²) in [6, 6.07) is 0. The number of rotatable bonds is 6. The Balaban J connectivity index is 1.70. The fourth-order valence-electron chi connectivity index (χ4n) is 2.97. The van der Waals surface area contributed by atoms with Gasteiger partial charge in [0.05, 0.1) is 0 Å². The van der Waals surface area contributed by atoms with Crippen LogP contribution in [0.5, 0.6) is 0 Å². The second kappa shape index (κ2) is 8.32. The van der Waals surface area contributed by atoms with Crippen molar-refractivity contribution < 1.29 is 9.94 Å². The summed E-state index contributed by atoms with van der Waals surface area (Å²) < 4.78 is 0. The Kier molecular flexibility index (Phi) is 6.74. The predicted octanol–water partition coefficient (Wildman–Crippen LogP) is 1.79. The molecule has 0 spiro atoms. The van der Waals surface area contributed by atoms with Crippen LogP contribution in [0, 0.1) is 5.41 Å². The third-order valence-corrected chi connectivity index (χ3v) is 5.06. The maximum Gasteiger partial charge on any atom is 0.151 e. The quantitative estimate of drug-likeness (QED) is 0.579. The number of aliphatic hydroxyl groups is 1. The monoisotopic (exact) mass is 317 g/mol. The highest BCUT2D eigenvalue weighted by molar-refractivity contribution is 6.66. The van der Waals surface area contributed by atoms with E-state index in [-0.39, 0.29) is 12.0 Å². The molecule has 2 aliphatic rings. The van der Waals surface area contributed by atoms with Crippen LogP contribution >= 0.6 is 11.6 Å². The number of piperidine rings is 2. The van der Waals surface area contributed by atoms with Gasteiger partial charge >= 0.3 is 0 Å². The molecule has 0 radical (unpaired) electrons. The first-order valence-electron chi connectivity index (χ1n) is 8.07. The molecule has 2 heterocycles. The number of β-amino-alcohol motifs (C(OH)–C–C–N with tert-alkyl or cyclic N) is 1. The van der Waals surface area contributed by atoms with Crippen molar-refractivity contribution in [2.45, 2.75) is 45.1 Å². The number of nitrogens with zero attached hydrogens (tertiary/aromatic N) is 2. The van der Waals surface area contributed by atoms with Gasteiger partial charge in [0.25, 0.3) is 0 Å². The minimum Gasteiger partial charge on any atom is -0.392 e. The molecule has 5 nitrogen and oxygen atoms in total. The van der Waals surface area contributed by atoms with E-state index in [1.807, 2.05) is 0 Å². The molecule has 0 aromatic carbocycles. The van der Waals surface area contributed by atoms with Crippen molar-refractivity contribution in [2.75, 3.05) is 39.3 Å². The SMILES string of the molecule is CC1(/C(Cl)=N/OC[C@H](O)CN2CCCCC2)CCNCC1. The van der Waals surface area contributed by atoms with Crippen LogP contribution in [-0.4, -0.2) is 60.6 Å². The molecule has 21 heavy (non-hydrogen) atoms. The zero-order valence-electron chi connectivity index (χ0n) is 13.0. The van der Waals surface area contributed by atoms with Crippen molar-refractivity contribution in [3.8, 4) is 0 Å². The Bertz CT molecular complexity index is 340. The van der Waals surface area contributed by atoms with Gasteiger partial charge in [-0.25, -0.2) is 0 Å². The summed E-state index contributed by atoms with van der Waals surface area (Å²) in [7, 11) is 0. The van der Waals surface area contributed by atoms with Gasteiger partial charge in [-0.3, -0.25) is 0 Å². The van der Waals surface area contributed by atoms with E-state index in [9.17, 15) is 5.11 Å². The van der Waals surface area contributed by atoms with Crippen molar-refractivity contribution in [2.24, 2.45) is 10.6 Å². The van der Waals surface area contributed by atoms with Crippen LogP contribution in [0.4, 0.5) is 0 Å².